The molecule has 15 nitrogen and oxygen atoms in total. The van der Waals surface area contributed by atoms with E-state index in [-0.39, 0.29) is 64.5 Å². The zero-order valence-corrected chi connectivity index (χ0v) is 32.2. The molecule has 0 aliphatic carbocycles. The van der Waals surface area contributed by atoms with E-state index in [9.17, 15) is 40.3 Å². The molecular formula is C35H20Cl2O15S4. The first kappa shape index (κ1) is 41.3. The van der Waals surface area contributed by atoms with Gasteiger partial charge in [-0.3, -0.25) is 23.5 Å². The van der Waals surface area contributed by atoms with E-state index in [1.165, 1.54) is 78.9 Å². The molecule has 6 rings (SSSR count). The van der Waals surface area contributed by atoms with Crippen molar-refractivity contribution in [3.05, 3.63) is 140 Å². The summed E-state index contributed by atoms with van der Waals surface area (Å²) in [5.74, 6) is -2.24. The number of rotatable bonds is 14. The largest absolute Gasteiger partial charge is 0.295 e. The molecular weight excluding hydrogens is 860 g/mol. The Hall–Kier alpha value is -4.29. The van der Waals surface area contributed by atoms with Gasteiger partial charge in [-0.2, -0.15) is 16.8 Å². The van der Waals surface area contributed by atoms with Crippen LogP contribution in [0.15, 0.2) is 117 Å². The van der Waals surface area contributed by atoms with Crippen LogP contribution in [0.1, 0.15) is 47.8 Å². The predicted octanol–water partition coefficient (Wildman–Crippen LogP) is 8.34. The summed E-state index contributed by atoms with van der Waals surface area (Å²) in [6, 6.07) is 20.2. The summed E-state index contributed by atoms with van der Waals surface area (Å²) >= 11 is 13.9. The third kappa shape index (κ3) is 8.81. The number of halogens is 2. The number of hydrogen-bond donors (Lipinski definition) is 4. The first-order valence-corrected chi connectivity index (χ1v) is 20.3. The van der Waals surface area contributed by atoms with E-state index in [0.717, 1.165) is 18.2 Å². The maximum absolute atomic E-state index is 13.9. The van der Waals surface area contributed by atoms with E-state index in [1.807, 2.05) is 0 Å². The van der Waals surface area contributed by atoms with Crippen molar-refractivity contribution in [1.82, 2.24) is 0 Å². The van der Waals surface area contributed by atoms with Crippen LogP contribution in [0.3, 0.4) is 0 Å². The van der Waals surface area contributed by atoms with Crippen LogP contribution < -0.4 is 0 Å². The number of ketones is 3. The molecule has 0 atom stereocenters. The van der Waals surface area contributed by atoms with Crippen molar-refractivity contribution in [2.45, 2.75) is 19.6 Å². The molecule has 0 bridgehead atoms. The summed E-state index contributed by atoms with van der Waals surface area (Å²) < 4.78 is 76.8. The summed E-state index contributed by atoms with van der Waals surface area (Å²) in [5.41, 5.74) is -0.809. The highest BCUT2D eigenvalue weighted by Crippen LogP contribution is 2.35. The standard InChI is InChI=1S/C35H20Cl2O15S4/c36-29-7-1-17(13-27(29)34(39)21-10-20-12-24(55(43,44)45)4-6-25(20)31(15-21)54-52-50-42)33(38)18-2-8-30(37)28(14-18)35(40)22-9-19-11-23(53-51-49-41)3-5-26(19)32(16-22)56(46,47)48/h1-16,41-42H,(H,43,44,45)(H,46,47,48). The highest BCUT2D eigenvalue weighted by atomic mass is 35.5. The van der Waals surface area contributed by atoms with Gasteiger partial charge in [0.15, 0.2) is 17.3 Å². The number of carbonyl (C=O) groups excluding carboxylic acids is 3. The molecule has 0 radical (unpaired) electrons. The molecule has 4 N–H and O–H groups in total. The Morgan fingerprint density at radius 3 is 1.62 bits per heavy atom. The maximum Gasteiger partial charge on any atom is 0.295 e. The van der Waals surface area contributed by atoms with Gasteiger partial charge < -0.3 is 0 Å². The summed E-state index contributed by atoms with van der Waals surface area (Å²) in [6.45, 7) is 0. The van der Waals surface area contributed by atoms with Gasteiger partial charge >= 0.3 is 0 Å². The number of carbonyl (C=O) groups is 3. The summed E-state index contributed by atoms with van der Waals surface area (Å²) in [7, 11) is -9.49. The van der Waals surface area contributed by atoms with Crippen LogP contribution in [0.4, 0.5) is 0 Å². The Labute approximate surface area is 334 Å². The fourth-order valence-corrected chi connectivity index (χ4v) is 8.27. The lowest BCUT2D eigenvalue weighted by atomic mass is 9.94. The van der Waals surface area contributed by atoms with E-state index in [2.05, 4.69) is 18.7 Å². The lowest BCUT2D eigenvalue weighted by molar-refractivity contribution is -0.432. The van der Waals surface area contributed by atoms with Crippen LogP contribution >= 0.6 is 47.3 Å². The Morgan fingerprint density at radius 2 is 1.07 bits per heavy atom. The molecule has 6 aromatic carbocycles. The van der Waals surface area contributed by atoms with Gasteiger partial charge in [0.05, 0.1) is 39.0 Å². The van der Waals surface area contributed by atoms with Crippen molar-refractivity contribution < 1.29 is 69.6 Å². The topological polar surface area (TPSA) is 237 Å². The van der Waals surface area contributed by atoms with E-state index in [4.69, 9.17) is 33.7 Å². The minimum Gasteiger partial charge on any atom is -0.289 e. The molecule has 0 saturated carbocycles. The average molecular weight is 880 g/mol. The fraction of sp³-hybridized carbons (Fsp3) is 0. The van der Waals surface area contributed by atoms with Gasteiger partial charge in [0.2, 0.25) is 0 Å². The maximum atomic E-state index is 13.9. The second kappa shape index (κ2) is 16.7. The van der Waals surface area contributed by atoms with E-state index in [0.29, 0.717) is 34.4 Å². The van der Waals surface area contributed by atoms with Crippen molar-refractivity contribution in [2.24, 2.45) is 0 Å². The van der Waals surface area contributed by atoms with E-state index < -0.39 is 47.4 Å². The van der Waals surface area contributed by atoms with Gasteiger partial charge in [-0.15, -0.1) is 8.67 Å². The minimum absolute atomic E-state index is 0.0514. The molecule has 0 amide bonds. The fourth-order valence-electron chi connectivity index (χ4n) is 5.65. The highest BCUT2D eigenvalue weighted by molar-refractivity contribution is 7.95. The lowest BCUT2D eigenvalue weighted by Crippen LogP contribution is -2.10. The Morgan fingerprint density at radius 1 is 0.536 bits per heavy atom. The van der Waals surface area contributed by atoms with Gasteiger partial charge in [0.25, 0.3) is 20.2 Å². The van der Waals surface area contributed by atoms with Crippen LogP contribution in [0.2, 0.25) is 10.0 Å². The minimum atomic E-state index is -4.86. The highest BCUT2D eigenvalue weighted by Gasteiger charge is 2.24. The van der Waals surface area contributed by atoms with E-state index in [1.54, 1.807) is 0 Å². The smallest absolute Gasteiger partial charge is 0.289 e. The molecule has 0 fully saturated rings. The molecule has 0 spiro atoms. The van der Waals surface area contributed by atoms with Crippen molar-refractivity contribution in [3.63, 3.8) is 0 Å². The zero-order valence-electron chi connectivity index (χ0n) is 27.4. The van der Waals surface area contributed by atoms with E-state index >= 15 is 0 Å². The first-order valence-electron chi connectivity index (χ1n) is 15.1. The monoisotopic (exact) mass is 878 g/mol. The molecule has 6 aromatic rings. The van der Waals surface area contributed by atoms with Gasteiger partial charge in [-0.1, -0.05) is 45.4 Å². The van der Waals surface area contributed by atoms with Crippen LogP contribution in [0.25, 0.3) is 21.5 Å². The quantitative estimate of drug-likeness (QED) is 0.0264. The van der Waals surface area contributed by atoms with Crippen molar-refractivity contribution in [3.8, 4) is 0 Å². The van der Waals surface area contributed by atoms with Gasteiger partial charge in [0, 0.05) is 48.6 Å². The number of fused-ring (bicyclic) bond motifs is 2. The SMILES string of the molecule is O=C(c1ccc(Cl)c(C(=O)c2cc(SOOO)c3ccc(S(=O)(=O)O)cc3c2)c1)c1ccc(Cl)c(C(=O)c2cc(S(=O)(=O)O)c3ccc(SOOO)cc3c2)c1. The van der Waals surface area contributed by atoms with Crippen molar-refractivity contribution in [2.75, 3.05) is 0 Å². The molecule has 56 heavy (non-hydrogen) atoms. The predicted molar refractivity (Wildman–Crippen MR) is 202 cm³/mol. The van der Waals surface area contributed by atoms with Crippen LogP contribution in [0, 0.1) is 0 Å². The average Bonchev–Trinajstić information content (AvgIpc) is 3.17. The number of benzene rings is 6. The molecule has 0 saturated heterocycles. The van der Waals surface area contributed by atoms with Gasteiger partial charge in [-0.25, -0.2) is 10.5 Å². The molecule has 0 aliphatic rings. The molecule has 21 heteroatoms. The second-order valence-electron chi connectivity index (χ2n) is 11.5. The molecule has 0 aromatic heterocycles. The lowest BCUT2D eigenvalue weighted by Gasteiger charge is -2.12. The molecule has 0 unspecified atom stereocenters. The Balaban J connectivity index is 1.37. The van der Waals surface area contributed by atoms with Crippen LogP contribution in [-0.2, 0) is 39.0 Å². The molecule has 0 aliphatic heterocycles. The van der Waals surface area contributed by atoms with Crippen molar-refractivity contribution >= 4 is 106 Å². The summed E-state index contributed by atoms with van der Waals surface area (Å²) in [5, 5.41) is 25.0. The second-order valence-corrected chi connectivity index (χ2v) is 16.6. The number of hydrogen-bond acceptors (Lipinski definition) is 15. The summed E-state index contributed by atoms with van der Waals surface area (Å²) in [4.78, 5) is 41.1. The molecule has 288 valence electrons. The summed E-state index contributed by atoms with van der Waals surface area (Å²) in [6.07, 6.45) is 0. The third-order valence-electron chi connectivity index (χ3n) is 8.13. The van der Waals surface area contributed by atoms with Crippen molar-refractivity contribution in [1.29, 1.82) is 0 Å². The van der Waals surface area contributed by atoms with Crippen LogP contribution in [0.5, 0.6) is 0 Å². The Kier molecular flexibility index (Phi) is 12.3. The Bertz CT molecular complexity index is 2830. The third-order valence-corrected chi connectivity index (χ3v) is 11.8. The first-order chi connectivity index (χ1) is 26.5. The van der Waals surface area contributed by atoms with Gasteiger partial charge in [0.1, 0.15) is 4.90 Å². The molecule has 0 heterocycles. The normalized spacial score (nSPS) is 12.0. The van der Waals surface area contributed by atoms with Gasteiger partial charge in [-0.05, 0) is 101 Å². The zero-order chi connectivity index (χ0) is 40.5. The van der Waals surface area contributed by atoms with Crippen LogP contribution in [-0.4, -0.2) is 53.8 Å².